The number of hydrogen-bond donors (Lipinski definition) is 0. The van der Waals surface area contributed by atoms with Crippen molar-refractivity contribution in [3.05, 3.63) is 23.8 Å². The molecule has 0 unspecified atom stereocenters. The van der Waals surface area contributed by atoms with Crippen LogP contribution in [0.25, 0.3) is 0 Å². The first-order valence-electron chi connectivity index (χ1n) is 2.98. The molecule has 0 N–H and O–H groups in total. The van der Waals surface area contributed by atoms with Gasteiger partial charge < -0.3 is 0 Å². The minimum absolute atomic E-state index is 0.102. The number of rotatable bonds is 2. The molecule has 1 heteroatoms. The van der Waals surface area contributed by atoms with E-state index in [1.807, 2.05) is 26.0 Å². The summed E-state index contributed by atoms with van der Waals surface area (Å²) in [5.41, 5.74) is 1.00. The van der Waals surface area contributed by atoms with Crippen molar-refractivity contribution in [2.24, 2.45) is 0 Å². The van der Waals surface area contributed by atoms with Crippen LogP contribution in [0, 0.1) is 0 Å². The van der Waals surface area contributed by atoms with Gasteiger partial charge in [-0.2, -0.15) is 0 Å². The monoisotopic (exact) mass is 124 g/mol. The zero-order valence-corrected chi connectivity index (χ0v) is 6.14. The maximum Gasteiger partial charge on any atom is 0.152 e. The molecule has 0 saturated carbocycles. The Kier molecular flexibility index (Phi) is 3.69. The Labute approximate surface area is 56.1 Å². The van der Waals surface area contributed by atoms with E-state index in [1.165, 1.54) is 0 Å². The molecular weight excluding hydrogens is 112 g/mol. The van der Waals surface area contributed by atoms with Gasteiger partial charge in [0.2, 0.25) is 0 Å². The highest BCUT2D eigenvalue weighted by Gasteiger charge is 1.83. The third-order valence-electron chi connectivity index (χ3n) is 0.860. The van der Waals surface area contributed by atoms with Crippen LogP contribution in [-0.4, -0.2) is 5.78 Å². The molecule has 0 saturated heterocycles. The molecule has 0 bridgehead atoms. The lowest BCUT2D eigenvalue weighted by atomic mass is 10.2. The first kappa shape index (κ1) is 8.15. The SMILES string of the molecule is C/C=C\C(C)=C/C(C)=O. The highest BCUT2D eigenvalue weighted by Crippen LogP contribution is 1.93. The van der Waals surface area contributed by atoms with Gasteiger partial charge in [0.15, 0.2) is 5.78 Å². The molecule has 0 spiro atoms. The highest BCUT2D eigenvalue weighted by atomic mass is 16.1. The van der Waals surface area contributed by atoms with E-state index in [0.29, 0.717) is 0 Å². The van der Waals surface area contributed by atoms with Crippen molar-refractivity contribution in [1.82, 2.24) is 0 Å². The lowest BCUT2D eigenvalue weighted by Gasteiger charge is -1.85. The van der Waals surface area contributed by atoms with Crippen LogP contribution in [0.3, 0.4) is 0 Å². The minimum Gasteiger partial charge on any atom is -0.295 e. The number of allylic oxidation sites excluding steroid dienone is 4. The molecule has 0 radical (unpaired) electrons. The molecule has 0 aromatic carbocycles. The molecule has 0 aliphatic heterocycles. The van der Waals surface area contributed by atoms with Crippen LogP contribution in [0.4, 0.5) is 0 Å². The molecule has 0 aliphatic carbocycles. The molecule has 0 fully saturated rings. The highest BCUT2D eigenvalue weighted by molar-refractivity contribution is 5.88. The largest absolute Gasteiger partial charge is 0.295 e. The molecule has 0 rings (SSSR count). The van der Waals surface area contributed by atoms with Crippen LogP contribution in [0.1, 0.15) is 20.8 Å². The van der Waals surface area contributed by atoms with Crippen molar-refractivity contribution >= 4 is 5.78 Å². The fraction of sp³-hybridized carbons (Fsp3) is 0.375. The summed E-state index contributed by atoms with van der Waals surface area (Å²) in [5, 5.41) is 0. The van der Waals surface area contributed by atoms with Crippen LogP contribution in [0.5, 0.6) is 0 Å². The number of carbonyl (C=O) groups excluding carboxylic acids is 1. The summed E-state index contributed by atoms with van der Waals surface area (Å²) >= 11 is 0. The van der Waals surface area contributed by atoms with Crippen molar-refractivity contribution < 1.29 is 4.79 Å². The third kappa shape index (κ3) is 5.01. The van der Waals surface area contributed by atoms with Gasteiger partial charge in [-0.15, -0.1) is 0 Å². The first-order chi connectivity index (χ1) is 4.16. The molecule has 0 aliphatic rings. The Hall–Kier alpha value is -0.850. The van der Waals surface area contributed by atoms with Crippen LogP contribution in [-0.2, 0) is 4.79 Å². The van der Waals surface area contributed by atoms with Crippen LogP contribution < -0.4 is 0 Å². The lowest BCUT2D eigenvalue weighted by molar-refractivity contribution is -0.112. The molecule has 0 aromatic rings. The standard InChI is InChI=1S/C8H12O/c1-4-5-7(2)6-8(3)9/h4-6H,1-3H3/b5-4-,7-6-. The second kappa shape index (κ2) is 4.07. The van der Waals surface area contributed by atoms with Gasteiger partial charge in [-0.05, 0) is 32.4 Å². The van der Waals surface area contributed by atoms with Gasteiger partial charge in [-0.1, -0.05) is 12.2 Å². The molecule has 0 heterocycles. The summed E-state index contributed by atoms with van der Waals surface area (Å²) in [6.07, 6.45) is 5.43. The number of hydrogen-bond acceptors (Lipinski definition) is 1. The van der Waals surface area contributed by atoms with E-state index in [0.717, 1.165) is 5.57 Å². The second-order valence-electron chi connectivity index (χ2n) is 2.00. The fourth-order valence-corrected chi connectivity index (χ4v) is 0.632. The van der Waals surface area contributed by atoms with E-state index in [9.17, 15) is 4.79 Å². The molecule has 1 nitrogen and oxygen atoms in total. The lowest BCUT2D eigenvalue weighted by Crippen LogP contribution is -1.81. The van der Waals surface area contributed by atoms with Crippen LogP contribution in [0.15, 0.2) is 23.8 Å². The zero-order valence-electron chi connectivity index (χ0n) is 6.14. The van der Waals surface area contributed by atoms with Crippen molar-refractivity contribution in [3.63, 3.8) is 0 Å². The average Bonchev–Trinajstić information content (AvgIpc) is 1.63. The van der Waals surface area contributed by atoms with E-state index >= 15 is 0 Å². The first-order valence-corrected chi connectivity index (χ1v) is 2.98. The summed E-state index contributed by atoms with van der Waals surface area (Å²) in [7, 11) is 0. The van der Waals surface area contributed by atoms with Crippen LogP contribution >= 0.6 is 0 Å². The molecule has 9 heavy (non-hydrogen) atoms. The van der Waals surface area contributed by atoms with Gasteiger partial charge in [0.25, 0.3) is 0 Å². The van der Waals surface area contributed by atoms with Crippen LogP contribution in [0.2, 0.25) is 0 Å². The summed E-state index contributed by atoms with van der Waals surface area (Å²) in [5.74, 6) is 0.102. The summed E-state index contributed by atoms with van der Waals surface area (Å²) < 4.78 is 0. The van der Waals surface area contributed by atoms with E-state index < -0.39 is 0 Å². The van der Waals surface area contributed by atoms with Gasteiger partial charge in [0.1, 0.15) is 0 Å². The Morgan fingerprint density at radius 3 is 2.22 bits per heavy atom. The molecule has 0 atom stereocenters. The smallest absolute Gasteiger partial charge is 0.152 e. The number of ketones is 1. The van der Waals surface area contributed by atoms with E-state index in [2.05, 4.69) is 0 Å². The summed E-state index contributed by atoms with van der Waals surface area (Å²) in [6.45, 7) is 5.38. The molecule has 0 amide bonds. The maximum atomic E-state index is 10.4. The Balaban J connectivity index is 4.00. The van der Waals surface area contributed by atoms with Crippen molar-refractivity contribution in [2.45, 2.75) is 20.8 Å². The van der Waals surface area contributed by atoms with Gasteiger partial charge in [0.05, 0.1) is 0 Å². The molecule has 0 aromatic heterocycles. The number of carbonyl (C=O) groups is 1. The van der Waals surface area contributed by atoms with Crippen molar-refractivity contribution in [2.75, 3.05) is 0 Å². The topological polar surface area (TPSA) is 17.1 Å². The molecule has 50 valence electrons. The quantitative estimate of drug-likeness (QED) is 0.407. The minimum atomic E-state index is 0.102. The normalized spacial score (nSPS) is 12.6. The fourth-order valence-electron chi connectivity index (χ4n) is 0.632. The Bertz CT molecular complexity index is 152. The average molecular weight is 124 g/mol. The van der Waals surface area contributed by atoms with Gasteiger partial charge >= 0.3 is 0 Å². The maximum absolute atomic E-state index is 10.4. The Morgan fingerprint density at radius 2 is 1.89 bits per heavy atom. The predicted molar refractivity (Wildman–Crippen MR) is 39.3 cm³/mol. The van der Waals surface area contributed by atoms with Crippen molar-refractivity contribution in [3.8, 4) is 0 Å². The second-order valence-corrected chi connectivity index (χ2v) is 2.00. The molecular formula is C8H12O. The van der Waals surface area contributed by atoms with E-state index in [-0.39, 0.29) is 5.78 Å². The zero-order chi connectivity index (χ0) is 7.28. The van der Waals surface area contributed by atoms with E-state index in [1.54, 1.807) is 13.0 Å². The summed E-state index contributed by atoms with van der Waals surface area (Å²) in [4.78, 5) is 10.4. The van der Waals surface area contributed by atoms with Crippen molar-refractivity contribution in [1.29, 1.82) is 0 Å². The third-order valence-corrected chi connectivity index (χ3v) is 0.860. The predicted octanol–water partition coefficient (Wildman–Crippen LogP) is 2.10. The van der Waals surface area contributed by atoms with Gasteiger partial charge in [-0.3, -0.25) is 4.79 Å². The van der Waals surface area contributed by atoms with E-state index in [4.69, 9.17) is 0 Å². The van der Waals surface area contributed by atoms with Gasteiger partial charge in [-0.25, -0.2) is 0 Å². The van der Waals surface area contributed by atoms with Gasteiger partial charge in [0, 0.05) is 0 Å². The summed E-state index contributed by atoms with van der Waals surface area (Å²) in [6, 6.07) is 0. The Morgan fingerprint density at radius 1 is 1.33 bits per heavy atom.